The predicted molar refractivity (Wildman–Crippen MR) is 208 cm³/mol. The number of thiophene rings is 1. The normalized spacial score (nSPS) is 12.1. The average molecular weight is 637 g/mol. The third-order valence-electron chi connectivity index (χ3n) is 9.90. The quantitative estimate of drug-likeness (QED) is 0.172. The Balaban J connectivity index is 1.32. The van der Waals surface area contributed by atoms with E-state index < -0.39 is 0 Å². The molecule has 0 amide bonds. The van der Waals surface area contributed by atoms with Crippen LogP contribution < -0.4 is 0 Å². The van der Waals surface area contributed by atoms with Gasteiger partial charge in [0.05, 0.1) is 16.7 Å². The van der Waals surface area contributed by atoms with Gasteiger partial charge in [-0.25, -0.2) is 4.98 Å². The first-order chi connectivity index (χ1) is 23.4. The molecule has 0 N–H and O–H groups in total. The van der Waals surface area contributed by atoms with Gasteiger partial charge in [0, 0.05) is 25.7 Å². The van der Waals surface area contributed by atoms with E-state index in [9.17, 15) is 0 Å². The lowest BCUT2D eigenvalue weighted by molar-refractivity contribution is 0.811. The number of aromatic nitrogens is 2. The van der Waals surface area contributed by atoms with Gasteiger partial charge in [0.15, 0.2) is 0 Å². The smallest absolute Gasteiger partial charge is 0.145 e. The van der Waals surface area contributed by atoms with Gasteiger partial charge in [0.1, 0.15) is 5.82 Å². The van der Waals surface area contributed by atoms with Gasteiger partial charge >= 0.3 is 0 Å². The van der Waals surface area contributed by atoms with Crippen molar-refractivity contribution < 1.29 is 0 Å². The van der Waals surface area contributed by atoms with E-state index in [2.05, 4.69) is 166 Å². The van der Waals surface area contributed by atoms with Gasteiger partial charge in [-0.3, -0.25) is 4.57 Å². The minimum Gasteiger partial charge on any atom is -0.292 e. The molecule has 9 aromatic rings. The van der Waals surface area contributed by atoms with Crippen molar-refractivity contribution in [2.24, 2.45) is 0 Å². The summed E-state index contributed by atoms with van der Waals surface area (Å²) in [6, 6.07) is 49.1. The number of benzene rings is 7. The molecule has 7 aromatic carbocycles. The molecular formula is C45H36N2S. The molecule has 0 bridgehead atoms. The summed E-state index contributed by atoms with van der Waals surface area (Å²) in [6.07, 6.45) is 0. The maximum Gasteiger partial charge on any atom is 0.145 e. The molecule has 0 fully saturated rings. The monoisotopic (exact) mass is 636 g/mol. The van der Waals surface area contributed by atoms with Crippen molar-refractivity contribution in [1.29, 1.82) is 0 Å². The molecule has 0 aliphatic carbocycles. The number of rotatable bonds is 5. The third kappa shape index (κ3) is 4.57. The minimum absolute atomic E-state index is 0.321. The van der Waals surface area contributed by atoms with E-state index in [4.69, 9.17) is 4.98 Å². The summed E-state index contributed by atoms with van der Waals surface area (Å²) < 4.78 is 5.07. The van der Waals surface area contributed by atoms with Crippen LogP contribution in [0.25, 0.3) is 81.0 Å². The van der Waals surface area contributed by atoms with Crippen LogP contribution in [-0.4, -0.2) is 9.55 Å². The second-order valence-corrected chi connectivity index (χ2v) is 14.7. The van der Waals surface area contributed by atoms with Crippen LogP contribution in [0, 0.1) is 0 Å². The van der Waals surface area contributed by atoms with E-state index in [1.165, 1.54) is 69.7 Å². The molecule has 0 aliphatic rings. The SMILES string of the molecule is CC(C)c1cc(-c2ccccc2)cc(C(C)C)c1-n1c(-c2ccc3sc4cc5ccc6ccccc6c5cc4c3c2)nc2ccccc21. The third-order valence-corrected chi connectivity index (χ3v) is 11.0. The van der Waals surface area contributed by atoms with E-state index in [1.54, 1.807) is 0 Å². The number of imidazole rings is 1. The summed E-state index contributed by atoms with van der Waals surface area (Å²) in [5.41, 5.74) is 9.73. The zero-order valence-corrected chi connectivity index (χ0v) is 28.5. The summed E-state index contributed by atoms with van der Waals surface area (Å²) in [6.45, 7) is 9.25. The van der Waals surface area contributed by atoms with Crippen molar-refractivity contribution in [1.82, 2.24) is 9.55 Å². The molecule has 2 nitrogen and oxygen atoms in total. The van der Waals surface area contributed by atoms with Crippen molar-refractivity contribution in [3.05, 3.63) is 145 Å². The molecule has 3 heteroatoms. The molecule has 48 heavy (non-hydrogen) atoms. The molecule has 2 heterocycles. The van der Waals surface area contributed by atoms with Crippen molar-refractivity contribution in [3.63, 3.8) is 0 Å². The fraction of sp³-hybridized carbons (Fsp3) is 0.133. The van der Waals surface area contributed by atoms with Gasteiger partial charge in [0.25, 0.3) is 0 Å². The molecule has 0 unspecified atom stereocenters. The predicted octanol–water partition coefficient (Wildman–Crippen LogP) is 13.3. The number of fused-ring (bicyclic) bond motifs is 7. The van der Waals surface area contributed by atoms with Gasteiger partial charge < -0.3 is 0 Å². The Hall–Kier alpha value is -5.25. The minimum atomic E-state index is 0.321. The molecular weight excluding hydrogens is 601 g/mol. The van der Waals surface area contributed by atoms with Gasteiger partial charge in [-0.2, -0.15) is 0 Å². The summed E-state index contributed by atoms with van der Waals surface area (Å²) in [5, 5.41) is 7.76. The number of hydrogen-bond acceptors (Lipinski definition) is 2. The standard InChI is InChI=1S/C45H36N2S/c1-27(2)35-23-33(29-12-6-5-7-13-29)24-36(28(3)4)44(35)47-41-17-11-10-16-40(41)46-45(47)32-20-21-42-38(22-32)39-26-37-31(25-43(39)48-42)19-18-30-14-8-9-15-34(30)37/h5-28H,1-4H3. The first-order valence-electron chi connectivity index (χ1n) is 16.9. The highest BCUT2D eigenvalue weighted by Crippen LogP contribution is 2.43. The van der Waals surface area contributed by atoms with E-state index in [1.807, 2.05) is 11.3 Å². The lowest BCUT2D eigenvalue weighted by Gasteiger charge is -2.24. The van der Waals surface area contributed by atoms with Crippen LogP contribution in [0.4, 0.5) is 0 Å². The Morgan fingerprint density at radius 3 is 1.98 bits per heavy atom. The fourth-order valence-electron chi connectivity index (χ4n) is 7.48. The maximum absolute atomic E-state index is 5.37. The highest BCUT2D eigenvalue weighted by molar-refractivity contribution is 7.25. The summed E-state index contributed by atoms with van der Waals surface area (Å²) in [4.78, 5) is 5.37. The fourth-order valence-corrected chi connectivity index (χ4v) is 8.59. The van der Waals surface area contributed by atoms with Gasteiger partial charge in [-0.1, -0.05) is 107 Å². The summed E-state index contributed by atoms with van der Waals surface area (Å²) in [5.74, 6) is 1.63. The molecule has 0 radical (unpaired) electrons. The Labute approximate surface area is 284 Å². The van der Waals surface area contributed by atoms with E-state index in [-0.39, 0.29) is 0 Å². The van der Waals surface area contributed by atoms with Crippen LogP contribution in [0.5, 0.6) is 0 Å². The molecule has 9 rings (SSSR count). The average Bonchev–Trinajstić information content (AvgIpc) is 3.68. The lowest BCUT2D eigenvalue weighted by Crippen LogP contribution is -2.09. The highest BCUT2D eigenvalue weighted by atomic mass is 32.1. The zero-order valence-electron chi connectivity index (χ0n) is 27.7. The second-order valence-electron chi connectivity index (χ2n) is 13.6. The Bertz CT molecular complexity index is 2640. The zero-order chi connectivity index (χ0) is 32.5. The molecule has 0 saturated heterocycles. The van der Waals surface area contributed by atoms with Crippen LogP contribution in [0.3, 0.4) is 0 Å². The largest absolute Gasteiger partial charge is 0.292 e. The first-order valence-corrected chi connectivity index (χ1v) is 17.8. The van der Waals surface area contributed by atoms with E-state index >= 15 is 0 Å². The lowest BCUT2D eigenvalue weighted by atomic mass is 9.88. The molecule has 0 spiro atoms. The second kappa shape index (κ2) is 11.2. The topological polar surface area (TPSA) is 17.8 Å². The van der Waals surface area contributed by atoms with E-state index in [0.29, 0.717) is 11.8 Å². The van der Waals surface area contributed by atoms with Gasteiger partial charge in [0.2, 0.25) is 0 Å². The summed E-state index contributed by atoms with van der Waals surface area (Å²) >= 11 is 1.88. The number of nitrogens with zero attached hydrogens (tertiary/aromatic N) is 2. The van der Waals surface area contributed by atoms with Crippen LogP contribution in [0.2, 0.25) is 0 Å². The first kappa shape index (κ1) is 28.9. The van der Waals surface area contributed by atoms with Crippen molar-refractivity contribution in [3.8, 4) is 28.2 Å². The van der Waals surface area contributed by atoms with E-state index in [0.717, 1.165) is 22.4 Å². The van der Waals surface area contributed by atoms with Gasteiger partial charge in [-0.15, -0.1) is 11.3 Å². The maximum atomic E-state index is 5.37. The molecule has 2 aromatic heterocycles. The van der Waals surface area contributed by atoms with Crippen molar-refractivity contribution in [2.45, 2.75) is 39.5 Å². The Kier molecular flexibility index (Phi) is 6.74. The Morgan fingerprint density at radius 2 is 1.19 bits per heavy atom. The molecule has 0 aliphatic heterocycles. The molecule has 0 atom stereocenters. The van der Waals surface area contributed by atoms with Crippen LogP contribution in [-0.2, 0) is 0 Å². The molecule has 232 valence electrons. The van der Waals surface area contributed by atoms with Crippen LogP contribution >= 0.6 is 11.3 Å². The number of hydrogen-bond donors (Lipinski definition) is 0. The molecule has 0 saturated carbocycles. The van der Waals surface area contributed by atoms with Crippen molar-refractivity contribution >= 4 is 64.1 Å². The summed E-state index contributed by atoms with van der Waals surface area (Å²) in [7, 11) is 0. The Morgan fingerprint density at radius 1 is 0.500 bits per heavy atom. The van der Waals surface area contributed by atoms with Crippen LogP contribution in [0.1, 0.15) is 50.7 Å². The highest BCUT2D eigenvalue weighted by Gasteiger charge is 2.24. The van der Waals surface area contributed by atoms with Crippen molar-refractivity contribution in [2.75, 3.05) is 0 Å². The van der Waals surface area contributed by atoms with Gasteiger partial charge in [-0.05, 0) is 110 Å². The number of para-hydroxylation sites is 2. The van der Waals surface area contributed by atoms with Crippen LogP contribution in [0.15, 0.2) is 133 Å².